The second kappa shape index (κ2) is 8.71. The predicted molar refractivity (Wildman–Crippen MR) is 117 cm³/mol. The molecule has 0 spiro atoms. The average molecular weight is 419 g/mol. The molecule has 3 aromatic carbocycles. The normalized spacial score (nSPS) is 10.5. The molecule has 30 heavy (non-hydrogen) atoms. The zero-order chi connectivity index (χ0) is 20.9. The summed E-state index contributed by atoms with van der Waals surface area (Å²) in [5.74, 6) is -0.218. The molecule has 0 radical (unpaired) electrons. The van der Waals surface area contributed by atoms with Crippen molar-refractivity contribution in [1.29, 1.82) is 0 Å². The van der Waals surface area contributed by atoms with Crippen LogP contribution in [0, 0.1) is 5.82 Å². The van der Waals surface area contributed by atoms with Crippen molar-refractivity contribution >= 4 is 34.7 Å². The third-order valence-electron chi connectivity index (χ3n) is 4.33. The van der Waals surface area contributed by atoms with Gasteiger partial charge in [0.25, 0.3) is 5.91 Å². The number of hydrogen-bond acceptors (Lipinski definition) is 4. The number of carbonyl (C=O) groups is 1. The number of rotatable bonds is 5. The van der Waals surface area contributed by atoms with E-state index in [1.54, 1.807) is 24.3 Å². The van der Waals surface area contributed by atoms with Crippen LogP contribution in [0.4, 0.5) is 21.6 Å². The Labute approximate surface area is 177 Å². The average Bonchev–Trinajstić information content (AvgIpc) is 2.77. The first kappa shape index (κ1) is 19.5. The van der Waals surface area contributed by atoms with Gasteiger partial charge in [-0.05, 0) is 42.5 Å². The number of amides is 1. The van der Waals surface area contributed by atoms with Gasteiger partial charge >= 0.3 is 0 Å². The molecule has 0 fully saturated rings. The Bertz CT molecular complexity index is 1180. The molecule has 1 heterocycles. The molecule has 0 aliphatic carbocycles. The third kappa shape index (κ3) is 4.61. The van der Waals surface area contributed by atoms with Gasteiger partial charge in [0.05, 0.1) is 10.7 Å². The van der Waals surface area contributed by atoms with Crippen LogP contribution < -0.4 is 10.6 Å². The van der Waals surface area contributed by atoms with Crippen molar-refractivity contribution in [2.45, 2.75) is 0 Å². The van der Waals surface area contributed by atoms with Crippen molar-refractivity contribution in [2.75, 3.05) is 10.6 Å². The summed E-state index contributed by atoms with van der Waals surface area (Å²) in [6, 6.07) is 22.6. The lowest BCUT2D eigenvalue weighted by molar-refractivity contribution is 0.102. The molecule has 0 saturated heterocycles. The molecule has 7 heteroatoms. The SMILES string of the molecule is O=C(Nc1ccc(F)c(Cl)c1)c1ccc(Nc2cc(-c3ccccc3)ncn2)cc1. The van der Waals surface area contributed by atoms with Gasteiger partial charge in [0.1, 0.15) is 18.0 Å². The van der Waals surface area contributed by atoms with E-state index in [0.717, 1.165) is 16.9 Å². The smallest absolute Gasteiger partial charge is 0.255 e. The quantitative estimate of drug-likeness (QED) is 0.421. The van der Waals surface area contributed by atoms with Crippen LogP contribution in [-0.4, -0.2) is 15.9 Å². The minimum Gasteiger partial charge on any atom is -0.340 e. The van der Waals surface area contributed by atoms with E-state index >= 15 is 0 Å². The van der Waals surface area contributed by atoms with Crippen LogP contribution in [0.15, 0.2) is 85.2 Å². The van der Waals surface area contributed by atoms with Crippen LogP contribution in [0.3, 0.4) is 0 Å². The Morgan fingerprint density at radius 3 is 2.33 bits per heavy atom. The van der Waals surface area contributed by atoms with Crippen molar-refractivity contribution in [3.8, 4) is 11.3 Å². The minimum atomic E-state index is -0.537. The summed E-state index contributed by atoms with van der Waals surface area (Å²) in [6.07, 6.45) is 1.50. The summed E-state index contributed by atoms with van der Waals surface area (Å²) in [7, 11) is 0. The maximum absolute atomic E-state index is 13.2. The van der Waals surface area contributed by atoms with Crippen molar-refractivity contribution in [2.24, 2.45) is 0 Å². The monoisotopic (exact) mass is 418 g/mol. The molecule has 0 aliphatic heterocycles. The lowest BCUT2D eigenvalue weighted by Gasteiger charge is -2.09. The summed E-state index contributed by atoms with van der Waals surface area (Å²) in [6.45, 7) is 0. The maximum atomic E-state index is 13.2. The number of nitrogens with zero attached hydrogens (tertiary/aromatic N) is 2. The largest absolute Gasteiger partial charge is 0.340 e. The molecular formula is C23H16ClFN4O. The number of halogens is 2. The Hall–Kier alpha value is -3.77. The second-order valence-corrected chi connectivity index (χ2v) is 6.85. The molecular weight excluding hydrogens is 403 g/mol. The molecule has 1 aromatic heterocycles. The van der Waals surface area contributed by atoms with E-state index in [9.17, 15) is 9.18 Å². The van der Waals surface area contributed by atoms with Gasteiger partial charge in [0.2, 0.25) is 0 Å². The maximum Gasteiger partial charge on any atom is 0.255 e. The molecule has 1 amide bonds. The fourth-order valence-electron chi connectivity index (χ4n) is 2.82. The zero-order valence-electron chi connectivity index (χ0n) is 15.6. The van der Waals surface area contributed by atoms with Gasteiger partial charge in [-0.1, -0.05) is 41.9 Å². The van der Waals surface area contributed by atoms with Crippen LogP contribution in [0.1, 0.15) is 10.4 Å². The lowest BCUT2D eigenvalue weighted by Crippen LogP contribution is -2.11. The molecule has 5 nitrogen and oxygen atoms in total. The van der Waals surface area contributed by atoms with Gasteiger partial charge in [0.15, 0.2) is 0 Å². The van der Waals surface area contributed by atoms with E-state index in [2.05, 4.69) is 20.6 Å². The highest BCUT2D eigenvalue weighted by Crippen LogP contribution is 2.22. The summed E-state index contributed by atoms with van der Waals surface area (Å²) in [5, 5.41) is 5.84. The van der Waals surface area contributed by atoms with Crippen molar-refractivity contribution in [3.05, 3.63) is 102 Å². The predicted octanol–water partition coefficient (Wildman–Crippen LogP) is 5.93. The summed E-state index contributed by atoms with van der Waals surface area (Å²) in [4.78, 5) is 20.9. The summed E-state index contributed by atoms with van der Waals surface area (Å²) in [5.41, 5.74) is 3.45. The van der Waals surface area contributed by atoms with Gasteiger partial charge in [-0.3, -0.25) is 4.79 Å². The molecule has 4 rings (SSSR count). The number of anilines is 3. The van der Waals surface area contributed by atoms with E-state index in [4.69, 9.17) is 11.6 Å². The molecule has 0 aliphatic rings. The first-order valence-corrected chi connectivity index (χ1v) is 9.47. The topological polar surface area (TPSA) is 66.9 Å². The first-order chi connectivity index (χ1) is 14.6. The Morgan fingerprint density at radius 2 is 1.60 bits per heavy atom. The highest BCUT2D eigenvalue weighted by atomic mass is 35.5. The number of hydrogen-bond donors (Lipinski definition) is 2. The number of benzene rings is 3. The molecule has 148 valence electrons. The van der Waals surface area contributed by atoms with E-state index in [1.165, 1.54) is 24.5 Å². The van der Waals surface area contributed by atoms with Gasteiger partial charge < -0.3 is 10.6 Å². The molecule has 0 bridgehead atoms. The number of aromatic nitrogens is 2. The Kier molecular flexibility index (Phi) is 5.68. The van der Waals surface area contributed by atoms with E-state index < -0.39 is 5.82 Å². The lowest BCUT2D eigenvalue weighted by atomic mass is 10.1. The van der Waals surface area contributed by atoms with Crippen LogP contribution in [-0.2, 0) is 0 Å². The zero-order valence-corrected chi connectivity index (χ0v) is 16.4. The molecule has 4 aromatic rings. The molecule has 2 N–H and O–H groups in total. The van der Waals surface area contributed by atoms with E-state index in [0.29, 0.717) is 17.1 Å². The Balaban J connectivity index is 1.45. The molecule has 0 atom stereocenters. The van der Waals surface area contributed by atoms with Crippen LogP contribution in [0.2, 0.25) is 5.02 Å². The standard InChI is InChI=1S/C23H16ClFN4O/c24-19-12-18(10-11-20(19)25)29-23(30)16-6-8-17(9-7-16)28-22-13-21(26-14-27-22)15-4-2-1-3-5-15/h1-14H,(H,29,30)(H,26,27,28). The van der Waals surface area contributed by atoms with Crippen molar-refractivity contribution in [1.82, 2.24) is 9.97 Å². The third-order valence-corrected chi connectivity index (χ3v) is 4.62. The van der Waals surface area contributed by atoms with E-state index in [-0.39, 0.29) is 10.9 Å². The number of nitrogens with one attached hydrogen (secondary N) is 2. The fraction of sp³-hybridized carbons (Fsp3) is 0. The van der Waals surface area contributed by atoms with Gasteiger partial charge in [-0.25, -0.2) is 14.4 Å². The fourth-order valence-corrected chi connectivity index (χ4v) is 3.00. The van der Waals surface area contributed by atoms with E-state index in [1.807, 2.05) is 36.4 Å². The van der Waals surface area contributed by atoms with Crippen LogP contribution in [0.5, 0.6) is 0 Å². The highest BCUT2D eigenvalue weighted by Gasteiger charge is 2.08. The first-order valence-electron chi connectivity index (χ1n) is 9.09. The Morgan fingerprint density at radius 1 is 0.867 bits per heavy atom. The van der Waals surface area contributed by atoms with Gasteiger partial charge in [-0.2, -0.15) is 0 Å². The second-order valence-electron chi connectivity index (χ2n) is 6.44. The van der Waals surface area contributed by atoms with Gasteiger partial charge in [-0.15, -0.1) is 0 Å². The molecule has 0 saturated carbocycles. The van der Waals surface area contributed by atoms with Crippen molar-refractivity contribution < 1.29 is 9.18 Å². The number of carbonyl (C=O) groups excluding carboxylic acids is 1. The summed E-state index contributed by atoms with van der Waals surface area (Å²) >= 11 is 5.75. The summed E-state index contributed by atoms with van der Waals surface area (Å²) < 4.78 is 13.2. The molecule has 0 unspecified atom stereocenters. The van der Waals surface area contributed by atoms with Crippen LogP contribution >= 0.6 is 11.6 Å². The highest BCUT2D eigenvalue weighted by molar-refractivity contribution is 6.31. The van der Waals surface area contributed by atoms with Gasteiger partial charge in [0, 0.05) is 28.6 Å². The minimum absolute atomic E-state index is 0.0490. The van der Waals surface area contributed by atoms with Crippen LogP contribution in [0.25, 0.3) is 11.3 Å². The van der Waals surface area contributed by atoms with Crippen molar-refractivity contribution in [3.63, 3.8) is 0 Å².